The summed E-state index contributed by atoms with van der Waals surface area (Å²) in [5, 5.41) is 19.0. The van der Waals surface area contributed by atoms with Gasteiger partial charge in [0.15, 0.2) is 0 Å². The second-order valence-corrected chi connectivity index (χ2v) is 5.29. The first-order valence-corrected chi connectivity index (χ1v) is 6.71. The molecule has 98 valence electrons. The molecule has 4 rings (SSSR count). The van der Waals surface area contributed by atoms with Gasteiger partial charge in [0.05, 0.1) is 17.4 Å². The average Bonchev–Trinajstić information content (AvgIpc) is 3.05. The van der Waals surface area contributed by atoms with Crippen LogP contribution < -0.4 is 5.32 Å². The fourth-order valence-electron chi connectivity index (χ4n) is 2.13. The molecule has 0 saturated heterocycles. The Bertz CT molecular complexity index is 913. The molecule has 2 N–H and O–H groups in total. The summed E-state index contributed by atoms with van der Waals surface area (Å²) in [4.78, 5) is 0. The van der Waals surface area contributed by atoms with Crippen molar-refractivity contribution in [3.63, 3.8) is 0 Å². The molecule has 0 fully saturated rings. The zero-order valence-corrected chi connectivity index (χ0v) is 11.7. The first-order valence-electron chi connectivity index (χ1n) is 5.91. The number of anilines is 2. The molecule has 0 aliphatic rings. The van der Waals surface area contributed by atoms with Crippen molar-refractivity contribution >= 4 is 49.2 Å². The Labute approximate surface area is 121 Å². The van der Waals surface area contributed by atoms with Crippen LogP contribution in [0.2, 0.25) is 0 Å². The van der Waals surface area contributed by atoms with Gasteiger partial charge in [-0.1, -0.05) is 15.9 Å². The first-order chi connectivity index (χ1) is 9.79. The van der Waals surface area contributed by atoms with Crippen molar-refractivity contribution in [2.75, 3.05) is 5.32 Å². The van der Waals surface area contributed by atoms with Gasteiger partial charge >= 0.3 is 0 Å². The van der Waals surface area contributed by atoms with Gasteiger partial charge in [0.25, 0.3) is 0 Å². The summed E-state index contributed by atoms with van der Waals surface area (Å²) in [5.74, 6) is 0. The maximum absolute atomic E-state index is 4.70. The summed E-state index contributed by atoms with van der Waals surface area (Å²) in [6.45, 7) is 0. The van der Waals surface area contributed by atoms with Gasteiger partial charge < -0.3 is 5.32 Å². The van der Waals surface area contributed by atoms with Gasteiger partial charge in [0.2, 0.25) is 0 Å². The minimum absolute atomic E-state index is 0.716. The molecule has 0 atom stereocenters. The van der Waals surface area contributed by atoms with Crippen molar-refractivity contribution in [1.29, 1.82) is 0 Å². The molecule has 20 heavy (non-hydrogen) atoms. The monoisotopic (exact) mass is 329 g/mol. The van der Waals surface area contributed by atoms with Gasteiger partial charge in [0.1, 0.15) is 11.0 Å². The maximum atomic E-state index is 4.70. The van der Waals surface area contributed by atoms with E-state index < -0.39 is 0 Å². The van der Waals surface area contributed by atoms with E-state index in [4.69, 9.17) is 4.63 Å². The highest BCUT2D eigenvalue weighted by molar-refractivity contribution is 9.10. The Morgan fingerprint density at radius 3 is 2.95 bits per heavy atom. The number of halogens is 1. The lowest BCUT2D eigenvalue weighted by Crippen LogP contribution is -1.91. The van der Waals surface area contributed by atoms with Crippen LogP contribution in [0.3, 0.4) is 0 Å². The summed E-state index contributed by atoms with van der Waals surface area (Å²) in [6.07, 6.45) is 1.79. The summed E-state index contributed by atoms with van der Waals surface area (Å²) < 4.78 is 5.67. The Kier molecular flexibility index (Phi) is 2.46. The van der Waals surface area contributed by atoms with Crippen LogP contribution in [-0.2, 0) is 0 Å². The third kappa shape index (κ3) is 1.83. The van der Waals surface area contributed by atoms with E-state index in [1.807, 2.05) is 30.3 Å². The van der Waals surface area contributed by atoms with E-state index in [1.165, 1.54) is 0 Å². The molecule has 0 unspecified atom stereocenters. The second kappa shape index (κ2) is 4.31. The summed E-state index contributed by atoms with van der Waals surface area (Å²) in [7, 11) is 0. The van der Waals surface area contributed by atoms with E-state index in [0.717, 1.165) is 32.3 Å². The summed E-state index contributed by atoms with van der Waals surface area (Å²) in [5.41, 5.74) is 4.28. The van der Waals surface area contributed by atoms with Gasteiger partial charge in [-0.25, -0.2) is 4.63 Å². The van der Waals surface area contributed by atoms with Gasteiger partial charge in [-0.05, 0) is 40.6 Å². The van der Waals surface area contributed by atoms with Crippen LogP contribution in [0.1, 0.15) is 0 Å². The molecule has 0 amide bonds. The predicted octanol–water partition coefficient (Wildman–Crippen LogP) is 3.61. The molecular formula is C13H8BrN5O. The minimum atomic E-state index is 0.716. The van der Waals surface area contributed by atoms with Crippen molar-refractivity contribution in [3.8, 4) is 0 Å². The normalized spacial score (nSPS) is 11.2. The van der Waals surface area contributed by atoms with E-state index >= 15 is 0 Å². The topological polar surface area (TPSA) is 79.6 Å². The number of hydrogen-bond donors (Lipinski definition) is 2. The molecule has 4 aromatic rings. The Hall–Kier alpha value is -2.41. The molecule has 7 heteroatoms. The van der Waals surface area contributed by atoms with Gasteiger partial charge in [-0.3, -0.25) is 5.10 Å². The molecular weight excluding hydrogens is 322 g/mol. The standard InChI is InChI=1S/C13H8BrN5O/c14-7-3-11(9-6-15-17-12(9)4-7)16-8-1-2-10-13(5-8)19-20-18-10/h1-6,16H,(H,15,17). The molecule has 0 spiro atoms. The van der Waals surface area contributed by atoms with Crippen LogP contribution in [0.15, 0.2) is 45.6 Å². The third-order valence-electron chi connectivity index (χ3n) is 3.06. The SMILES string of the molecule is Brc1cc(Nc2ccc3nonc3c2)c2cn[nH]c2c1. The van der Waals surface area contributed by atoms with Crippen molar-refractivity contribution in [1.82, 2.24) is 20.5 Å². The van der Waals surface area contributed by atoms with Gasteiger partial charge in [-0.2, -0.15) is 5.10 Å². The smallest absolute Gasteiger partial charge is 0.137 e. The van der Waals surface area contributed by atoms with Crippen molar-refractivity contribution in [2.24, 2.45) is 0 Å². The Morgan fingerprint density at radius 1 is 1.10 bits per heavy atom. The Balaban J connectivity index is 1.81. The molecule has 6 nitrogen and oxygen atoms in total. The quantitative estimate of drug-likeness (QED) is 0.587. The molecule has 2 aromatic carbocycles. The zero-order valence-electron chi connectivity index (χ0n) is 10.1. The number of fused-ring (bicyclic) bond motifs is 2. The van der Waals surface area contributed by atoms with Crippen LogP contribution in [0, 0.1) is 0 Å². The van der Waals surface area contributed by atoms with E-state index in [1.54, 1.807) is 6.20 Å². The second-order valence-electron chi connectivity index (χ2n) is 4.38. The number of hydrogen-bond acceptors (Lipinski definition) is 5. The number of nitrogens with one attached hydrogen (secondary N) is 2. The molecule has 0 radical (unpaired) electrons. The van der Waals surface area contributed by atoms with Crippen molar-refractivity contribution in [2.45, 2.75) is 0 Å². The molecule has 0 saturated carbocycles. The molecule has 2 aromatic heterocycles. The van der Waals surface area contributed by atoms with Crippen molar-refractivity contribution < 1.29 is 4.63 Å². The maximum Gasteiger partial charge on any atom is 0.137 e. The summed E-state index contributed by atoms with van der Waals surface area (Å²) in [6, 6.07) is 9.66. The minimum Gasteiger partial charge on any atom is -0.355 e. The van der Waals surface area contributed by atoms with Crippen LogP contribution in [-0.4, -0.2) is 20.5 Å². The van der Waals surface area contributed by atoms with E-state index in [-0.39, 0.29) is 0 Å². The van der Waals surface area contributed by atoms with Crippen LogP contribution in [0.5, 0.6) is 0 Å². The molecule has 0 aliphatic heterocycles. The fraction of sp³-hybridized carbons (Fsp3) is 0. The molecule has 2 heterocycles. The van der Waals surface area contributed by atoms with E-state index in [0.29, 0.717) is 5.52 Å². The number of benzene rings is 2. The number of aromatic amines is 1. The number of nitrogens with zero attached hydrogens (tertiary/aromatic N) is 3. The Morgan fingerprint density at radius 2 is 2.00 bits per heavy atom. The summed E-state index contributed by atoms with van der Waals surface area (Å²) >= 11 is 3.49. The highest BCUT2D eigenvalue weighted by atomic mass is 79.9. The van der Waals surface area contributed by atoms with E-state index in [9.17, 15) is 0 Å². The van der Waals surface area contributed by atoms with Crippen molar-refractivity contribution in [3.05, 3.63) is 41.0 Å². The first kappa shape index (κ1) is 11.4. The number of H-pyrrole nitrogens is 1. The number of rotatable bonds is 2. The van der Waals surface area contributed by atoms with Crippen LogP contribution in [0.25, 0.3) is 21.9 Å². The number of aromatic nitrogens is 4. The lowest BCUT2D eigenvalue weighted by atomic mass is 10.2. The highest BCUT2D eigenvalue weighted by Gasteiger charge is 2.07. The molecule has 0 bridgehead atoms. The van der Waals surface area contributed by atoms with Gasteiger partial charge in [-0.15, -0.1) is 0 Å². The lowest BCUT2D eigenvalue weighted by Gasteiger charge is -2.08. The van der Waals surface area contributed by atoms with Crippen LogP contribution in [0.4, 0.5) is 11.4 Å². The highest BCUT2D eigenvalue weighted by Crippen LogP contribution is 2.30. The fourth-order valence-corrected chi connectivity index (χ4v) is 2.59. The third-order valence-corrected chi connectivity index (χ3v) is 3.51. The predicted molar refractivity (Wildman–Crippen MR) is 78.9 cm³/mol. The largest absolute Gasteiger partial charge is 0.355 e. The molecule has 0 aliphatic carbocycles. The van der Waals surface area contributed by atoms with Crippen LogP contribution >= 0.6 is 15.9 Å². The zero-order chi connectivity index (χ0) is 13.5. The lowest BCUT2D eigenvalue weighted by molar-refractivity contribution is 0.315. The van der Waals surface area contributed by atoms with Gasteiger partial charge in [0, 0.05) is 15.5 Å². The van der Waals surface area contributed by atoms with E-state index in [2.05, 4.69) is 41.8 Å². The average molecular weight is 330 g/mol.